The van der Waals surface area contributed by atoms with Crippen molar-refractivity contribution in [3.05, 3.63) is 34.9 Å². The third-order valence-electron chi connectivity index (χ3n) is 1.42. The zero-order chi connectivity index (χ0) is 8.97. The summed E-state index contributed by atoms with van der Waals surface area (Å²) >= 11 is 0. The Hall–Kier alpha value is -2.13. The molecular formula is C9H4N2O. The van der Waals surface area contributed by atoms with E-state index in [4.69, 9.17) is 10.5 Å². The van der Waals surface area contributed by atoms with Crippen molar-refractivity contribution in [2.45, 2.75) is 0 Å². The molecule has 1 rings (SSSR count). The number of nitrogens with zero attached hydrogens (tertiary/aromatic N) is 2. The minimum Gasteiger partial charge on any atom is -0.298 e. The highest BCUT2D eigenvalue weighted by Crippen LogP contribution is 2.08. The number of rotatable bonds is 1. The summed E-state index contributed by atoms with van der Waals surface area (Å²) in [5.74, 6) is 0. The fraction of sp³-hybridized carbons (Fsp3) is 0. The van der Waals surface area contributed by atoms with Gasteiger partial charge in [0.2, 0.25) is 0 Å². The topological polar surface area (TPSA) is 64.7 Å². The van der Waals surface area contributed by atoms with Crippen molar-refractivity contribution in [3.63, 3.8) is 0 Å². The monoisotopic (exact) mass is 156 g/mol. The van der Waals surface area contributed by atoms with Crippen molar-refractivity contribution in [2.24, 2.45) is 0 Å². The van der Waals surface area contributed by atoms with Gasteiger partial charge in [0.1, 0.15) is 18.4 Å². The molecule has 0 unspecified atom stereocenters. The average molecular weight is 156 g/mol. The first-order valence-corrected chi connectivity index (χ1v) is 3.21. The summed E-state index contributed by atoms with van der Waals surface area (Å²) in [5, 5.41) is 17.1. The van der Waals surface area contributed by atoms with Gasteiger partial charge < -0.3 is 0 Å². The van der Waals surface area contributed by atoms with Crippen molar-refractivity contribution in [1.82, 2.24) is 0 Å². The van der Waals surface area contributed by atoms with E-state index >= 15 is 0 Å². The van der Waals surface area contributed by atoms with Gasteiger partial charge in [-0.2, -0.15) is 10.5 Å². The molecule has 0 fully saturated rings. The maximum Gasteiger partial charge on any atom is 0.150 e. The summed E-state index contributed by atoms with van der Waals surface area (Å²) in [6.45, 7) is 0. The quantitative estimate of drug-likeness (QED) is 0.574. The smallest absolute Gasteiger partial charge is 0.150 e. The van der Waals surface area contributed by atoms with Crippen molar-refractivity contribution >= 4 is 6.29 Å². The number of benzene rings is 1. The van der Waals surface area contributed by atoms with Crippen LogP contribution in [0.15, 0.2) is 18.2 Å². The lowest BCUT2D eigenvalue weighted by Gasteiger charge is -1.93. The highest BCUT2D eigenvalue weighted by atomic mass is 16.1. The largest absolute Gasteiger partial charge is 0.298 e. The first-order chi connectivity index (χ1) is 5.81. The average Bonchev–Trinajstić information content (AvgIpc) is 2.16. The van der Waals surface area contributed by atoms with Gasteiger partial charge in [-0.25, -0.2) is 0 Å². The van der Waals surface area contributed by atoms with E-state index in [1.54, 1.807) is 0 Å². The number of hydrogen-bond donors (Lipinski definition) is 0. The third-order valence-corrected chi connectivity index (χ3v) is 1.42. The molecule has 0 N–H and O–H groups in total. The lowest BCUT2D eigenvalue weighted by atomic mass is 10.1. The Morgan fingerprint density at radius 1 is 1.17 bits per heavy atom. The van der Waals surface area contributed by atoms with Gasteiger partial charge in [0, 0.05) is 5.56 Å². The first-order valence-electron chi connectivity index (χ1n) is 3.21. The fourth-order valence-corrected chi connectivity index (χ4v) is 0.825. The molecule has 1 aromatic rings. The number of carbonyl (C=O) groups excluding carboxylic acids is 1. The van der Waals surface area contributed by atoms with Crippen LogP contribution >= 0.6 is 0 Å². The van der Waals surface area contributed by atoms with Crippen LogP contribution in [-0.4, -0.2) is 6.29 Å². The van der Waals surface area contributed by atoms with Gasteiger partial charge in [-0.3, -0.25) is 4.79 Å². The molecule has 0 bridgehead atoms. The molecule has 0 amide bonds. The summed E-state index contributed by atoms with van der Waals surface area (Å²) in [6.07, 6.45) is 0.641. The SMILES string of the molecule is N#Cc1ccc(C=O)cc1C#N. The molecule has 3 heteroatoms. The Labute approximate surface area is 69.5 Å². The van der Waals surface area contributed by atoms with Crippen LogP contribution in [0, 0.1) is 22.7 Å². The molecule has 0 aliphatic heterocycles. The van der Waals surface area contributed by atoms with Crippen molar-refractivity contribution in [1.29, 1.82) is 10.5 Å². The van der Waals surface area contributed by atoms with Gasteiger partial charge in [-0.15, -0.1) is 0 Å². The maximum atomic E-state index is 10.3. The molecule has 0 saturated carbocycles. The normalized spacial score (nSPS) is 8.17. The van der Waals surface area contributed by atoms with E-state index in [1.807, 2.05) is 12.1 Å². The minimum absolute atomic E-state index is 0.238. The Morgan fingerprint density at radius 3 is 2.33 bits per heavy atom. The fourth-order valence-electron chi connectivity index (χ4n) is 0.825. The maximum absolute atomic E-state index is 10.3. The van der Waals surface area contributed by atoms with E-state index in [0.717, 1.165) is 0 Å². The Balaban J connectivity index is 3.34. The van der Waals surface area contributed by atoms with Crippen molar-refractivity contribution in [2.75, 3.05) is 0 Å². The minimum atomic E-state index is 0.238. The molecule has 0 aromatic heterocycles. The zero-order valence-corrected chi connectivity index (χ0v) is 6.11. The number of carbonyl (C=O) groups is 1. The Bertz CT molecular complexity index is 396. The second kappa shape index (κ2) is 3.32. The van der Waals surface area contributed by atoms with E-state index in [-0.39, 0.29) is 5.56 Å². The molecular weight excluding hydrogens is 152 g/mol. The zero-order valence-electron chi connectivity index (χ0n) is 6.11. The summed E-state index contributed by atoms with van der Waals surface area (Å²) in [5.41, 5.74) is 0.941. The van der Waals surface area contributed by atoms with Gasteiger partial charge in [0.15, 0.2) is 0 Å². The van der Waals surface area contributed by atoms with Crippen molar-refractivity contribution < 1.29 is 4.79 Å². The van der Waals surface area contributed by atoms with E-state index in [9.17, 15) is 4.79 Å². The first kappa shape index (κ1) is 7.97. The van der Waals surface area contributed by atoms with Crippen LogP contribution in [0.4, 0.5) is 0 Å². The van der Waals surface area contributed by atoms with Gasteiger partial charge >= 0.3 is 0 Å². The summed E-state index contributed by atoms with van der Waals surface area (Å²) in [7, 11) is 0. The van der Waals surface area contributed by atoms with E-state index in [1.165, 1.54) is 18.2 Å². The summed E-state index contributed by atoms with van der Waals surface area (Å²) < 4.78 is 0. The molecule has 0 spiro atoms. The van der Waals surface area contributed by atoms with Crippen LogP contribution < -0.4 is 0 Å². The summed E-state index contributed by atoms with van der Waals surface area (Å²) in [6, 6.07) is 8.06. The summed E-state index contributed by atoms with van der Waals surface area (Å²) in [4.78, 5) is 10.3. The molecule has 0 atom stereocenters. The predicted octanol–water partition coefficient (Wildman–Crippen LogP) is 1.24. The molecule has 0 aliphatic carbocycles. The van der Waals surface area contributed by atoms with Crippen LogP contribution in [-0.2, 0) is 0 Å². The van der Waals surface area contributed by atoms with Gasteiger partial charge in [0.25, 0.3) is 0 Å². The van der Waals surface area contributed by atoms with Gasteiger partial charge in [-0.05, 0) is 12.1 Å². The highest BCUT2D eigenvalue weighted by Gasteiger charge is 2.00. The molecule has 0 aliphatic rings. The van der Waals surface area contributed by atoms with Crippen LogP contribution in [0.25, 0.3) is 0 Å². The third kappa shape index (κ3) is 1.31. The molecule has 0 heterocycles. The molecule has 0 radical (unpaired) electrons. The van der Waals surface area contributed by atoms with Crippen LogP contribution in [0.2, 0.25) is 0 Å². The van der Waals surface area contributed by atoms with Crippen LogP contribution in [0.3, 0.4) is 0 Å². The number of hydrogen-bond acceptors (Lipinski definition) is 3. The van der Waals surface area contributed by atoms with Gasteiger partial charge in [-0.1, -0.05) is 6.07 Å². The highest BCUT2D eigenvalue weighted by molar-refractivity contribution is 5.76. The lowest BCUT2D eigenvalue weighted by molar-refractivity contribution is 0.112. The van der Waals surface area contributed by atoms with Gasteiger partial charge in [0.05, 0.1) is 11.1 Å². The number of aldehydes is 1. The molecule has 56 valence electrons. The number of nitriles is 2. The molecule has 12 heavy (non-hydrogen) atoms. The molecule has 3 nitrogen and oxygen atoms in total. The van der Waals surface area contributed by atoms with E-state index in [2.05, 4.69) is 0 Å². The van der Waals surface area contributed by atoms with Crippen molar-refractivity contribution in [3.8, 4) is 12.1 Å². The van der Waals surface area contributed by atoms with Crippen LogP contribution in [0.5, 0.6) is 0 Å². The second-order valence-electron chi connectivity index (χ2n) is 2.15. The standard InChI is InChI=1S/C9H4N2O/c10-4-8-2-1-7(6-12)3-9(8)5-11/h1-3,6H. The Morgan fingerprint density at radius 2 is 1.83 bits per heavy atom. The predicted molar refractivity (Wildman–Crippen MR) is 41.3 cm³/mol. The van der Waals surface area contributed by atoms with Crippen LogP contribution in [0.1, 0.15) is 21.5 Å². The Kier molecular flexibility index (Phi) is 2.20. The second-order valence-corrected chi connectivity index (χ2v) is 2.15. The van der Waals surface area contributed by atoms with E-state index in [0.29, 0.717) is 17.4 Å². The molecule has 1 aromatic carbocycles. The molecule has 0 saturated heterocycles. The van der Waals surface area contributed by atoms with E-state index < -0.39 is 0 Å². The lowest BCUT2D eigenvalue weighted by Crippen LogP contribution is -1.86.